The van der Waals surface area contributed by atoms with Crippen LogP contribution in [0.15, 0.2) is 72.9 Å². The molecular formula is C68H126N2O7P+. The number of ether oxygens (including phenoxy) is 1. The molecule has 3 atom stereocenters. The molecule has 0 saturated heterocycles. The van der Waals surface area contributed by atoms with Gasteiger partial charge in [-0.2, -0.15) is 0 Å². The Labute approximate surface area is 483 Å². The first-order valence-electron chi connectivity index (χ1n) is 32.8. The van der Waals surface area contributed by atoms with E-state index in [1.807, 2.05) is 39.4 Å². The predicted molar refractivity (Wildman–Crippen MR) is 337 cm³/mol. The Morgan fingerprint density at radius 3 is 1.22 bits per heavy atom. The Hall–Kier alpha value is -2.55. The zero-order valence-electron chi connectivity index (χ0n) is 51.9. The fourth-order valence-electron chi connectivity index (χ4n) is 9.29. The van der Waals surface area contributed by atoms with Crippen molar-refractivity contribution in [1.29, 1.82) is 0 Å². The minimum atomic E-state index is -4.46. The molecule has 0 radical (unpaired) electrons. The normalized spacial score (nSPS) is 14.1. The number of rotatable bonds is 59. The summed E-state index contributed by atoms with van der Waals surface area (Å²) in [5.74, 6) is -0.579. The van der Waals surface area contributed by atoms with Gasteiger partial charge in [0.2, 0.25) is 5.91 Å². The maximum absolute atomic E-state index is 13.5. The summed E-state index contributed by atoms with van der Waals surface area (Å²) in [6.07, 6.45) is 75.0. The van der Waals surface area contributed by atoms with Gasteiger partial charge >= 0.3 is 13.8 Å². The van der Waals surface area contributed by atoms with Crippen molar-refractivity contribution in [2.45, 2.75) is 309 Å². The molecule has 1 amide bonds. The van der Waals surface area contributed by atoms with E-state index in [-0.39, 0.29) is 37.9 Å². The number of hydrogen-bond donors (Lipinski definition) is 2. The molecule has 454 valence electrons. The van der Waals surface area contributed by atoms with Gasteiger partial charge in [-0.25, -0.2) is 4.57 Å². The molecule has 0 bridgehead atoms. The largest absolute Gasteiger partial charge is 0.472 e. The van der Waals surface area contributed by atoms with Crippen molar-refractivity contribution in [3.63, 3.8) is 0 Å². The van der Waals surface area contributed by atoms with E-state index in [9.17, 15) is 19.0 Å². The summed E-state index contributed by atoms with van der Waals surface area (Å²) in [4.78, 5) is 37.7. The molecule has 0 spiro atoms. The zero-order chi connectivity index (χ0) is 57.2. The van der Waals surface area contributed by atoms with Crippen LogP contribution in [0.25, 0.3) is 0 Å². The topological polar surface area (TPSA) is 111 Å². The van der Waals surface area contributed by atoms with Crippen molar-refractivity contribution in [2.75, 3.05) is 40.9 Å². The van der Waals surface area contributed by atoms with E-state index in [0.29, 0.717) is 17.4 Å². The van der Waals surface area contributed by atoms with Gasteiger partial charge in [0.05, 0.1) is 33.8 Å². The predicted octanol–water partition coefficient (Wildman–Crippen LogP) is 20.4. The highest BCUT2D eigenvalue weighted by Crippen LogP contribution is 2.43. The van der Waals surface area contributed by atoms with Crippen LogP contribution >= 0.6 is 7.82 Å². The number of amides is 1. The van der Waals surface area contributed by atoms with Crippen molar-refractivity contribution in [1.82, 2.24) is 5.32 Å². The maximum Gasteiger partial charge on any atom is 0.472 e. The maximum atomic E-state index is 13.5. The minimum Gasteiger partial charge on any atom is -0.456 e. The van der Waals surface area contributed by atoms with Gasteiger partial charge < -0.3 is 19.4 Å². The third-order valence-corrected chi connectivity index (χ3v) is 15.4. The lowest BCUT2D eigenvalue weighted by Crippen LogP contribution is -2.47. The molecule has 0 saturated carbocycles. The first kappa shape index (κ1) is 75.5. The van der Waals surface area contributed by atoms with Crippen molar-refractivity contribution >= 4 is 19.7 Å². The van der Waals surface area contributed by atoms with E-state index in [0.717, 1.165) is 64.2 Å². The Kier molecular flexibility index (Phi) is 55.8. The fraction of sp³-hybridized carbons (Fsp3) is 0.794. The van der Waals surface area contributed by atoms with Crippen molar-refractivity contribution < 1.29 is 37.3 Å². The lowest BCUT2D eigenvalue weighted by atomic mass is 10.0. The summed E-state index contributed by atoms with van der Waals surface area (Å²) in [7, 11) is 1.47. The molecule has 0 fully saturated rings. The number of nitrogens with zero attached hydrogens (tertiary/aromatic N) is 1. The Bertz CT molecular complexity index is 1570. The van der Waals surface area contributed by atoms with Crippen LogP contribution in [-0.4, -0.2) is 74.3 Å². The van der Waals surface area contributed by atoms with Crippen molar-refractivity contribution in [2.24, 2.45) is 0 Å². The van der Waals surface area contributed by atoms with Gasteiger partial charge in [-0.3, -0.25) is 18.6 Å². The van der Waals surface area contributed by atoms with Crippen LogP contribution in [0.2, 0.25) is 0 Å². The fourth-order valence-corrected chi connectivity index (χ4v) is 10.0. The number of carbonyl (C=O) groups is 2. The second kappa shape index (κ2) is 57.7. The van der Waals surface area contributed by atoms with Gasteiger partial charge in [0.15, 0.2) is 0 Å². The van der Waals surface area contributed by atoms with Gasteiger partial charge in [0, 0.05) is 12.8 Å². The number of quaternary nitrogens is 1. The number of unbranched alkanes of at least 4 members (excludes halogenated alkanes) is 33. The van der Waals surface area contributed by atoms with Crippen LogP contribution in [0.1, 0.15) is 297 Å². The standard InChI is InChI=1S/C68H125N2O7P/c1-7-10-13-16-19-22-25-28-29-30-31-32-33-34-35-36-37-38-39-40-41-43-46-49-52-55-58-61-68(72)77-66(59-56-53-50-47-44-27-24-21-18-15-12-9-3)65(64-76-78(73,74)75-63-62-70(4,5)6)69-67(71)60-57-54-51-48-45-42-26-23-20-17-14-11-8-2/h19,22,28-29,31-32,42,45,51,54,56,59,65-66H,7-18,20-21,23-27,30,33-41,43-44,46-50,52-53,55,57-58,60-64H2,1-6H3,(H-,69,71,73,74)/p+1/b22-19-,29-28-,32-31-,45-42-,54-51+,59-56-. The van der Waals surface area contributed by atoms with Crippen LogP contribution in [0, 0.1) is 0 Å². The van der Waals surface area contributed by atoms with Crippen molar-refractivity contribution in [3.8, 4) is 0 Å². The smallest absolute Gasteiger partial charge is 0.456 e. The van der Waals surface area contributed by atoms with Crippen LogP contribution in [0.5, 0.6) is 0 Å². The monoisotopic (exact) mass is 1110 g/mol. The SMILES string of the molecule is CCCCC/C=C\C/C=C\C/C=C\CCCCCCCCCCCCCCCCC(=O)OC(/C=C\CCCCCCCCCCCC)C(COP(=O)(O)OCC[N+](C)(C)C)NC(=O)CC/C=C/C/C=C\CCCCCCCC. The second-order valence-electron chi connectivity index (χ2n) is 23.3. The third kappa shape index (κ3) is 58.1. The number of allylic oxidation sites excluding steroid dienone is 11. The van der Waals surface area contributed by atoms with Crippen LogP contribution in [0.4, 0.5) is 0 Å². The molecule has 9 nitrogen and oxygen atoms in total. The quantitative estimate of drug-likeness (QED) is 0.0205. The van der Waals surface area contributed by atoms with Crippen molar-refractivity contribution in [3.05, 3.63) is 72.9 Å². The number of hydrogen-bond acceptors (Lipinski definition) is 6. The lowest BCUT2D eigenvalue weighted by molar-refractivity contribution is -0.870. The molecule has 0 aromatic rings. The molecule has 0 aliphatic heterocycles. The van der Waals surface area contributed by atoms with Gasteiger partial charge in [-0.1, -0.05) is 267 Å². The number of esters is 1. The van der Waals surface area contributed by atoms with E-state index in [1.165, 1.54) is 193 Å². The number of likely N-dealkylation sites (N-methyl/N-ethyl adjacent to an activating group) is 1. The summed E-state index contributed by atoms with van der Waals surface area (Å²) in [6, 6.07) is -0.880. The molecular weight excluding hydrogens is 988 g/mol. The second-order valence-corrected chi connectivity index (χ2v) is 24.7. The van der Waals surface area contributed by atoms with Crippen LogP contribution in [0.3, 0.4) is 0 Å². The van der Waals surface area contributed by atoms with E-state index >= 15 is 0 Å². The van der Waals surface area contributed by atoms with E-state index in [4.69, 9.17) is 13.8 Å². The van der Waals surface area contributed by atoms with Gasteiger partial charge in [0.25, 0.3) is 0 Å². The molecule has 0 heterocycles. The van der Waals surface area contributed by atoms with Gasteiger partial charge in [0.1, 0.15) is 19.3 Å². The Balaban J connectivity index is 5.07. The Morgan fingerprint density at radius 1 is 0.449 bits per heavy atom. The van der Waals surface area contributed by atoms with Crippen LogP contribution in [-0.2, 0) is 27.9 Å². The third-order valence-electron chi connectivity index (χ3n) is 14.4. The summed E-state index contributed by atoms with van der Waals surface area (Å²) in [6.45, 7) is 6.94. The summed E-state index contributed by atoms with van der Waals surface area (Å²) < 4.78 is 30.7. The van der Waals surface area contributed by atoms with Gasteiger partial charge in [-0.05, 0) is 89.5 Å². The van der Waals surface area contributed by atoms with Crippen LogP contribution < -0.4 is 5.32 Å². The highest BCUT2D eigenvalue weighted by Gasteiger charge is 2.30. The highest BCUT2D eigenvalue weighted by molar-refractivity contribution is 7.47. The minimum absolute atomic E-state index is 0.0299. The zero-order valence-corrected chi connectivity index (χ0v) is 52.8. The molecule has 78 heavy (non-hydrogen) atoms. The Morgan fingerprint density at radius 2 is 0.795 bits per heavy atom. The van der Waals surface area contributed by atoms with E-state index in [1.54, 1.807) is 0 Å². The average molecular weight is 1110 g/mol. The average Bonchev–Trinajstić information content (AvgIpc) is 3.40. The first-order valence-corrected chi connectivity index (χ1v) is 34.3. The number of carbonyl (C=O) groups excluding carboxylic acids is 2. The number of phosphoric ester groups is 1. The first-order chi connectivity index (χ1) is 37.9. The van der Waals surface area contributed by atoms with E-state index in [2.05, 4.69) is 80.8 Å². The summed E-state index contributed by atoms with van der Waals surface area (Å²) in [5, 5.41) is 3.01. The highest BCUT2D eigenvalue weighted by atomic mass is 31.2. The summed E-state index contributed by atoms with van der Waals surface area (Å²) in [5.41, 5.74) is 0. The number of nitrogens with one attached hydrogen (secondary N) is 1. The molecule has 10 heteroatoms. The molecule has 0 aromatic carbocycles. The molecule has 0 aromatic heterocycles. The molecule has 0 aliphatic carbocycles. The lowest BCUT2D eigenvalue weighted by Gasteiger charge is -2.27. The molecule has 0 aliphatic rings. The van der Waals surface area contributed by atoms with Gasteiger partial charge in [-0.15, -0.1) is 0 Å². The number of phosphoric acid groups is 1. The van der Waals surface area contributed by atoms with E-state index < -0.39 is 20.0 Å². The molecule has 0 rings (SSSR count). The molecule has 2 N–H and O–H groups in total. The molecule has 3 unspecified atom stereocenters. The summed E-state index contributed by atoms with van der Waals surface area (Å²) >= 11 is 0.